The van der Waals surface area contributed by atoms with Crippen LogP contribution in [0.5, 0.6) is 5.75 Å². The maximum absolute atomic E-state index is 13.2. The molecule has 1 aromatic heterocycles. The van der Waals surface area contributed by atoms with Crippen LogP contribution in [0.4, 0.5) is 0 Å². The predicted octanol–water partition coefficient (Wildman–Crippen LogP) is 4.20. The third-order valence-electron chi connectivity index (χ3n) is 5.33. The number of aromatic hydroxyl groups is 1. The van der Waals surface area contributed by atoms with Gasteiger partial charge in [-0.05, 0) is 48.2 Å². The average molecular weight is 489 g/mol. The molecule has 0 aliphatic carbocycles. The summed E-state index contributed by atoms with van der Waals surface area (Å²) < 4.78 is 27.4. The van der Waals surface area contributed by atoms with Crippen molar-refractivity contribution in [3.63, 3.8) is 0 Å². The van der Waals surface area contributed by atoms with Crippen LogP contribution in [0.15, 0.2) is 69.8 Å². The van der Waals surface area contributed by atoms with E-state index in [2.05, 4.69) is 6.07 Å². The van der Waals surface area contributed by atoms with Crippen LogP contribution in [0, 0.1) is 6.92 Å². The van der Waals surface area contributed by atoms with E-state index in [1.54, 1.807) is 41.0 Å². The lowest BCUT2D eigenvalue weighted by Crippen LogP contribution is -2.50. The molecule has 0 radical (unpaired) electrons. The highest BCUT2D eigenvalue weighted by Crippen LogP contribution is 2.30. The van der Waals surface area contributed by atoms with E-state index in [0.29, 0.717) is 18.7 Å². The molecule has 1 saturated heterocycles. The Morgan fingerprint density at radius 1 is 1.06 bits per heavy atom. The van der Waals surface area contributed by atoms with E-state index in [1.165, 1.54) is 21.3 Å². The molecular weight excluding hydrogens is 464 g/mol. The summed E-state index contributed by atoms with van der Waals surface area (Å²) >= 11 is 3.32. The largest absolute Gasteiger partial charge is 0.507 e. The van der Waals surface area contributed by atoms with Crippen molar-refractivity contribution < 1.29 is 18.3 Å². The highest BCUT2D eigenvalue weighted by atomic mass is 32.2. The SMILES string of the molecule is Cc1ccc(O)c(S(=O)(=O)N2CCN(C(=O)c3ccccc3SCc3cccs3)CC2)c1. The summed E-state index contributed by atoms with van der Waals surface area (Å²) in [4.78, 5) is 17.0. The number of nitrogens with zero attached hydrogens (tertiary/aromatic N) is 2. The first-order chi connectivity index (χ1) is 15.4. The normalized spacial score (nSPS) is 15.1. The van der Waals surface area contributed by atoms with Gasteiger partial charge >= 0.3 is 0 Å². The Hall–Kier alpha value is -2.33. The van der Waals surface area contributed by atoms with Crippen LogP contribution in [0.3, 0.4) is 0 Å². The molecule has 6 nitrogen and oxygen atoms in total. The minimum atomic E-state index is -3.83. The number of carbonyl (C=O) groups excluding carboxylic acids is 1. The second kappa shape index (κ2) is 9.66. The molecule has 1 amide bonds. The van der Waals surface area contributed by atoms with Gasteiger partial charge in [0, 0.05) is 41.7 Å². The van der Waals surface area contributed by atoms with Crippen molar-refractivity contribution in [2.45, 2.75) is 22.5 Å². The fraction of sp³-hybridized carbons (Fsp3) is 0.261. The van der Waals surface area contributed by atoms with Crippen molar-refractivity contribution in [3.8, 4) is 5.75 Å². The smallest absolute Gasteiger partial charge is 0.255 e. The molecule has 3 aromatic rings. The topological polar surface area (TPSA) is 77.9 Å². The first-order valence-electron chi connectivity index (χ1n) is 10.2. The monoisotopic (exact) mass is 488 g/mol. The van der Waals surface area contributed by atoms with E-state index < -0.39 is 10.0 Å². The standard InChI is InChI=1S/C23H24N2O4S3/c1-17-8-9-20(26)22(15-17)32(28,29)25-12-10-24(11-13-25)23(27)19-6-2-3-7-21(19)31-16-18-5-4-14-30-18/h2-9,14-15,26H,10-13,16H2,1H3. The zero-order valence-corrected chi connectivity index (χ0v) is 20.0. The second-order valence-corrected chi connectivity index (χ2v) is 11.5. The van der Waals surface area contributed by atoms with Crippen molar-refractivity contribution in [1.82, 2.24) is 9.21 Å². The third kappa shape index (κ3) is 4.85. The van der Waals surface area contributed by atoms with Crippen LogP contribution in [-0.2, 0) is 15.8 Å². The Balaban J connectivity index is 1.44. The molecule has 4 rings (SSSR count). The first kappa shape index (κ1) is 22.8. The number of phenols is 1. The predicted molar refractivity (Wildman–Crippen MR) is 128 cm³/mol. The summed E-state index contributed by atoms with van der Waals surface area (Å²) in [5.41, 5.74) is 1.40. The fourth-order valence-electron chi connectivity index (χ4n) is 3.58. The van der Waals surface area contributed by atoms with Gasteiger partial charge in [0.15, 0.2) is 0 Å². The molecule has 0 atom stereocenters. The van der Waals surface area contributed by atoms with E-state index in [9.17, 15) is 18.3 Å². The number of thioether (sulfide) groups is 1. The molecule has 0 unspecified atom stereocenters. The van der Waals surface area contributed by atoms with Crippen molar-refractivity contribution >= 4 is 39.0 Å². The highest BCUT2D eigenvalue weighted by Gasteiger charge is 2.32. The van der Waals surface area contributed by atoms with Gasteiger partial charge in [0.1, 0.15) is 10.6 Å². The summed E-state index contributed by atoms with van der Waals surface area (Å²) in [6.45, 7) is 2.75. The number of aryl methyl sites for hydroxylation is 1. The molecule has 2 aromatic carbocycles. The van der Waals surface area contributed by atoms with Crippen LogP contribution >= 0.6 is 23.1 Å². The number of hydrogen-bond donors (Lipinski definition) is 1. The third-order valence-corrected chi connectivity index (χ3v) is 9.44. The van der Waals surface area contributed by atoms with Gasteiger partial charge in [-0.25, -0.2) is 8.42 Å². The Morgan fingerprint density at radius 2 is 1.81 bits per heavy atom. The van der Waals surface area contributed by atoms with Crippen molar-refractivity contribution in [2.24, 2.45) is 0 Å². The number of piperazine rings is 1. The fourth-order valence-corrected chi connectivity index (χ4v) is 6.99. The number of thiophene rings is 1. The van der Waals surface area contributed by atoms with Crippen molar-refractivity contribution in [2.75, 3.05) is 26.2 Å². The van der Waals surface area contributed by atoms with E-state index in [4.69, 9.17) is 0 Å². The zero-order valence-electron chi connectivity index (χ0n) is 17.6. The molecule has 9 heteroatoms. The average Bonchev–Trinajstić information content (AvgIpc) is 3.33. The summed E-state index contributed by atoms with van der Waals surface area (Å²) in [6.07, 6.45) is 0. The van der Waals surface area contributed by atoms with Crippen LogP contribution in [0.2, 0.25) is 0 Å². The number of sulfonamides is 1. The Bertz CT molecular complexity index is 1200. The number of carbonyl (C=O) groups is 1. The lowest BCUT2D eigenvalue weighted by molar-refractivity contribution is 0.0694. The summed E-state index contributed by atoms with van der Waals surface area (Å²) in [6, 6.07) is 16.2. The summed E-state index contributed by atoms with van der Waals surface area (Å²) in [7, 11) is -3.83. The van der Waals surface area contributed by atoms with Gasteiger partial charge in [0.2, 0.25) is 10.0 Å². The van der Waals surface area contributed by atoms with E-state index >= 15 is 0 Å². The summed E-state index contributed by atoms with van der Waals surface area (Å²) in [5, 5.41) is 12.1. The minimum Gasteiger partial charge on any atom is -0.507 e. The number of phenolic OH excluding ortho intramolecular Hbond substituents is 1. The Morgan fingerprint density at radius 3 is 2.53 bits per heavy atom. The number of amides is 1. The first-order valence-corrected chi connectivity index (χ1v) is 13.5. The number of rotatable bonds is 6. The van der Waals surface area contributed by atoms with Crippen LogP contribution in [0.25, 0.3) is 0 Å². The van der Waals surface area contributed by atoms with E-state index in [1.807, 2.05) is 35.7 Å². The molecule has 2 heterocycles. The quantitative estimate of drug-likeness (QED) is 0.526. The van der Waals surface area contributed by atoms with Crippen LogP contribution in [-0.4, -0.2) is 54.8 Å². The van der Waals surface area contributed by atoms with Crippen LogP contribution < -0.4 is 0 Å². The van der Waals surface area contributed by atoms with Gasteiger partial charge in [-0.1, -0.05) is 24.3 Å². The zero-order chi connectivity index (χ0) is 22.7. The molecule has 32 heavy (non-hydrogen) atoms. The van der Waals surface area contributed by atoms with Gasteiger partial charge in [-0.15, -0.1) is 23.1 Å². The van der Waals surface area contributed by atoms with E-state index in [-0.39, 0.29) is 29.6 Å². The maximum atomic E-state index is 13.2. The highest BCUT2D eigenvalue weighted by molar-refractivity contribution is 7.98. The number of hydrogen-bond acceptors (Lipinski definition) is 6. The van der Waals surface area contributed by atoms with Gasteiger partial charge < -0.3 is 10.0 Å². The van der Waals surface area contributed by atoms with Gasteiger partial charge in [0.25, 0.3) is 5.91 Å². The van der Waals surface area contributed by atoms with Crippen LogP contribution in [0.1, 0.15) is 20.8 Å². The molecule has 0 spiro atoms. The second-order valence-electron chi connectivity index (χ2n) is 7.53. The van der Waals surface area contributed by atoms with E-state index in [0.717, 1.165) is 16.2 Å². The molecule has 1 aliphatic rings. The molecule has 1 fully saturated rings. The van der Waals surface area contributed by atoms with Gasteiger partial charge in [-0.2, -0.15) is 4.31 Å². The lowest BCUT2D eigenvalue weighted by Gasteiger charge is -2.34. The summed E-state index contributed by atoms with van der Waals surface area (Å²) in [5.74, 6) is 0.453. The molecule has 1 N–H and O–H groups in total. The Labute approximate surface area is 196 Å². The van der Waals surface area contributed by atoms with Crippen molar-refractivity contribution in [1.29, 1.82) is 0 Å². The lowest BCUT2D eigenvalue weighted by atomic mass is 10.2. The number of benzene rings is 2. The molecule has 1 aliphatic heterocycles. The van der Waals surface area contributed by atoms with Gasteiger partial charge in [-0.3, -0.25) is 4.79 Å². The maximum Gasteiger partial charge on any atom is 0.255 e. The molecule has 0 bridgehead atoms. The molecule has 0 saturated carbocycles. The molecular formula is C23H24N2O4S3. The van der Waals surface area contributed by atoms with Gasteiger partial charge in [0.05, 0.1) is 5.56 Å². The Kier molecular flexibility index (Phi) is 6.90. The van der Waals surface area contributed by atoms with Crippen molar-refractivity contribution in [3.05, 3.63) is 76.0 Å². The molecule has 168 valence electrons. The minimum absolute atomic E-state index is 0.0882.